The lowest BCUT2D eigenvalue weighted by Crippen LogP contribution is -2.38. The van der Waals surface area contributed by atoms with E-state index in [9.17, 15) is 9.59 Å². The Morgan fingerprint density at radius 3 is 2.61 bits per heavy atom. The highest BCUT2D eigenvalue weighted by atomic mass is 35.5. The number of pyridine rings is 1. The van der Waals surface area contributed by atoms with Crippen LogP contribution in [0.2, 0.25) is 10.0 Å². The molecular formula is C22H27Cl2N5O4. The number of carbonyl (C=O) groups excluding carboxylic acids is 2. The fraction of sp³-hybridized carbons (Fsp3) is 0.409. The highest BCUT2D eigenvalue weighted by Gasteiger charge is 2.27. The Morgan fingerprint density at radius 1 is 1.21 bits per heavy atom. The molecule has 1 atom stereocenters. The fourth-order valence-corrected chi connectivity index (χ4v) is 4.27. The number of nitrogens with two attached hydrogens (primary N) is 2. The van der Waals surface area contributed by atoms with E-state index in [1.165, 1.54) is 6.20 Å². The van der Waals surface area contributed by atoms with Crippen LogP contribution < -0.4 is 16.2 Å². The van der Waals surface area contributed by atoms with Crippen LogP contribution in [0.5, 0.6) is 5.75 Å². The Morgan fingerprint density at radius 2 is 1.94 bits per heavy atom. The van der Waals surface area contributed by atoms with E-state index in [0.717, 1.165) is 0 Å². The predicted molar refractivity (Wildman–Crippen MR) is 126 cm³/mol. The van der Waals surface area contributed by atoms with Crippen LogP contribution in [0.25, 0.3) is 0 Å². The number of benzene rings is 1. The molecule has 1 aliphatic heterocycles. The molecule has 9 nitrogen and oxygen atoms in total. The number of hydrogen-bond donors (Lipinski definition) is 2. The highest BCUT2D eigenvalue weighted by Crippen LogP contribution is 2.28. The fourth-order valence-electron chi connectivity index (χ4n) is 3.76. The first-order valence-electron chi connectivity index (χ1n) is 10.4. The number of methoxy groups -OCH3 is 1. The number of carbonyl (C=O) groups is 2. The number of nitrogen functional groups attached to an aromatic ring is 1. The van der Waals surface area contributed by atoms with Crippen molar-refractivity contribution >= 4 is 40.8 Å². The summed E-state index contributed by atoms with van der Waals surface area (Å²) in [7, 11) is 1.61. The van der Waals surface area contributed by atoms with Crippen molar-refractivity contribution < 1.29 is 19.1 Å². The molecule has 4 N–H and O–H groups in total. The van der Waals surface area contributed by atoms with Gasteiger partial charge in [0.15, 0.2) is 11.6 Å². The third kappa shape index (κ3) is 6.70. The number of anilines is 1. The van der Waals surface area contributed by atoms with E-state index in [2.05, 4.69) is 4.98 Å². The van der Waals surface area contributed by atoms with Crippen LogP contribution in [0.4, 0.5) is 5.82 Å². The predicted octanol–water partition coefficient (Wildman–Crippen LogP) is 2.06. The van der Waals surface area contributed by atoms with Gasteiger partial charge in [0.05, 0.1) is 18.7 Å². The number of ether oxygens (including phenoxy) is 2. The minimum atomic E-state index is -0.408. The second-order valence-electron chi connectivity index (χ2n) is 7.87. The SMILES string of the molecule is COCC1CN(CC(N)=O)CCN(C(=O)c2cnc(N)c(OCc3c(Cl)cccc3Cl)c2)C1. The van der Waals surface area contributed by atoms with Gasteiger partial charge in [-0.3, -0.25) is 14.5 Å². The average molecular weight is 496 g/mol. The van der Waals surface area contributed by atoms with Gasteiger partial charge < -0.3 is 25.8 Å². The zero-order valence-corrected chi connectivity index (χ0v) is 19.8. The van der Waals surface area contributed by atoms with E-state index in [1.54, 1.807) is 36.3 Å². The van der Waals surface area contributed by atoms with E-state index < -0.39 is 5.91 Å². The number of hydrogen-bond acceptors (Lipinski definition) is 7. The number of nitrogens with zero attached hydrogens (tertiary/aromatic N) is 3. The van der Waals surface area contributed by atoms with Gasteiger partial charge in [-0.1, -0.05) is 29.3 Å². The molecule has 1 aliphatic rings. The van der Waals surface area contributed by atoms with Crippen molar-refractivity contribution in [2.75, 3.05) is 52.2 Å². The van der Waals surface area contributed by atoms with E-state index in [1.807, 2.05) is 4.90 Å². The summed E-state index contributed by atoms with van der Waals surface area (Å²) in [4.78, 5) is 32.4. The molecule has 11 heteroatoms. The third-order valence-corrected chi connectivity index (χ3v) is 6.02. The molecule has 0 aliphatic carbocycles. The van der Waals surface area contributed by atoms with Crippen LogP contribution >= 0.6 is 23.2 Å². The Labute approximate surface area is 202 Å². The lowest BCUT2D eigenvalue weighted by Gasteiger charge is -2.24. The van der Waals surface area contributed by atoms with Gasteiger partial charge in [0.2, 0.25) is 5.91 Å². The summed E-state index contributed by atoms with van der Waals surface area (Å²) in [6.45, 7) is 2.68. The Balaban J connectivity index is 1.75. The van der Waals surface area contributed by atoms with Gasteiger partial charge in [-0.05, 0) is 18.2 Å². The summed E-state index contributed by atoms with van der Waals surface area (Å²) in [5.74, 6) is -0.189. The van der Waals surface area contributed by atoms with Crippen molar-refractivity contribution in [1.29, 1.82) is 0 Å². The second kappa shape index (κ2) is 11.5. The maximum atomic E-state index is 13.3. The van der Waals surface area contributed by atoms with Gasteiger partial charge in [0.1, 0.15) is 6.61 Å². The first-order valence-corrected chi connectivity index (χ1v) is 11.1. The normalized spacial score (nSPS) is 16.9. The number of rotatable bonds is 8. The standard InChI is InChI=1S/C22H27Cl2N5O4/c1-32-12-14-9-28(11-20(25)30)5-6-29(10-14)22(31)15-7-19(21(26)27-8-15)33-13-16-17(23)3-2-4-18(16)24/h2-4,7-8,14H,5-6,9-13H2,1H3,(H2,25,30)(H2,26,27). The molecule has 1 unspecified atom stereocenters. The van der Waals surface area contributed by atoms with E-state index in [0.29, 0.717) is 54.0 Å². The van der Waals surface area contributed by atoms with Crippen molar-refractivity contribution in [3.05, 3.63) is 51.6 Å². The van der Waals surface area contributed by atoms with E-state index in [4.69, 9.17) is 44.1 Å². The van der Waals surface area contributed by atoms with Gasteiger partial charge >= 0.3 is 0 Å². The number of primary amides is 1. The molecule has 1 saturated heterocycles. The summed E-state index contributed by atoms with van der Waals surface area (Å²) >= 11 is 12.4. The molecule has 0 spiro atoms. The molecule has 33 heavy (non-hydrogen) atoms. The largest absolute Gasteiger partial charge is 0.485 e. The van der Waals surface area contributed by atoms with Gasteiger partial charge in [-0.15, -0.1) is 0 Å². The lowest BCUT2D eigenvalue weighted by atomic mass is 10.1. The molecule has 178 valence electrons. The minimum Gasteiger partial charge on any atom is -0.485 e. The maximum Gasteiger partial charge on any atom is 0.255 e. The molecule has 1 aromatic carbocycles. The molecule has 0 bridgehead atoms. The second-order valence-corrected chi connectivity index (χ2v) is 8.68. The minimum absolute atomic E-state index is 0.0284. The van der Waals surface area contributed by atoms with Gasteiger partial charge in [0.25, 0.3) is 5.91 Å². The molecule has 1 fully saturated rings. The number of amides is 2. The van der Waals surface area contributed by atoms with Crippen LogP contribution in [0.15, 0.2) is 30.5 Å². The first kappa shape index (κ1) is 25.0. The summed E-state index contributed by atoms with van der Waals surface area (Å²) in [5, 5.41) is 0.936. The molecule has 2 amide bonds. The molecule has 2 heterocycles. The van der Waals surface area contributed by atoms with Gasteiger partial charge in [0, 0.05) is 61.0 Å². The number of aromatic nitrogens is 1. The van der Waals surface area contributed by atoms with E-state index >= 15 is 0 Å². The lowest BCUT2D eigenvalue weighted by molar-refractivity contribution is -0.119. The van der Waals surface area contributed by atoms with Gasteiger partial charge in [-0.25, -0.2) is 4.98 Å². The summed E-state index contributed by atoms with van der Waals surface area (Å²) in [6.07, 6.45) is 1.42. The van der Waals surface area contributed by atoms with Crippen molar-refractivity contribution in [3.8, 4) is 5.75 Å². The third-order valence-electron chi connectivity index (χ3n) is 5.31. The van der Waals surface area contributed by atoms with Gasteiger partial charge in [-0.2, -0.15) is 0 Å². The molecule has 0 radical (unpaired) electrons. The molecule has 1 aromatic heterocycles. The molecule has 2 aromatic rings. The van der Waals surface area contributed by atoms with Crippen LogP contribution in [-0.2, 0) is 16.1 Å². The topological polar surface area (TPSA) is 124 Å². The Kier molecular flexibility index (Phi) is 8.74. The van der Waals surface area contributed by atoms with Crippen molar-refractivity contribution in [2.24, 2.45) is 11.7 Å². The van der Waals surface area contributed by atoms with E-state index in [-0.39, 0.29) is 36.5 Å². The summed E-state index contributed by atoms with van der Waals surface area (Å²) < 4.78 is 11.1. The molecule has 3 rings (SSSR count). The summed E-state index contributed by atoms with van der Waals surface area (Å²) in [5.41, 5.74) is 12.3. The van der Waals surface area contributed by atoms with Crippen molar-refractivity contribution in [3.63, 3.8) is 0 Å². The molecule has 0 saturated carbocycles. The summed E-state index contributed by atoms with van der Waals surface area (Å²) in [6, 6.07) is 6.73. The van der Waals surface area contributed by atoms with Crippen LogP contribution in [0.1, 0.15) is 15.9 Å². The zero-order valence-electron chi connectivity index (χ0n) is 18.3. The van der Waals surface area contributed by atoms with Crippen LogP contribution in [-0.4, -0.2) is 73.0 Å². The average Bonchev–Trinajstić information content (AvgIpc) is 2.96. The monoisotopic (exact) mass is 495 g/mol. The maximum absolute atomic E-state index is 13.3. The van der Waals surface area contributed by atoms with Crippen molar-refractivity contribution in [2.45, 2.75) is 6.61 Å². The van der Waals surface area contributed by atoms with Crippen molar-refractivity contribution in [1.82, 2.24) is 14.8 Å². The quantitative estimate of drug-likeness (QED) is 0.573. The van der Waals surface area contributed by atoms with Crippen LogP contribution in [0.3, 0.4) is 0 Å². The zero-order chi connectivity index (χ0) is 24.0. The number of halogens is 2. The Hall–Kier alpha value is -2.59. The highest BCUT2D eigenvalue weighted by molar-refractivity contribution is 6.35. The first-order chi connectivity index (χ1) is 15.8. The molecular weight excluding hydrogens is 469 g/mol. The van der Waals surface area contributed by atoms with Crippen LogP contribution in [0, 0.1) is 5.92 Å². The Bertz CT molecular complexity index is 986. The smallest absolute Gasteiger partial charge is 0.255 e.